The number of benzene rings is 1. The van der Waals surface area contributed by atoms with Gasteiger partial charge in [0.15, 0.2) is 11.1 Å². The summed E-state index contributed by atoms with van der Waals surface area (Å²) in [5.41, 5.74) is 7.45. The van der Waals surface area contributed by atoms with E-state index in [1.165, 1.54) is 18.1 Å². The molecule has 0 aliphatic carbocycles. The lowest BCUT2D eigenvalue weighted by atomic mass is 9.95. The molecule has 0 radical (unpaired) electrons. The lowest BCUT2D eigenvalue weighted by Crippen LogP contribution is -2.57. The van der Waals surface area contributed by atoms with Crippen molar-refractivity contribution in [1.29, 1.82) is 0 Å². The standard InChI is InChI=1S/C23H20N6O5/c1-33-15-3-2-13-10-29(21(31)16(13)7-15)11-23(24,22(32)28-12-30)19-8-17-18(34-19)6-14(9-27-17)20-25-4-5-26-20/h2-9,12H,10-11,24H2,1H3,(H,25,26)(H,28,30,32)/t23-/m0/s1. The molecule has 4 heterocycles. The number of nitrogens with two attached hydrogens (primary N) is 1. The van der Waals surface area contributed by atoms with Crippen molar-refractivity contribution in [2.24, 2.45) is 5.73 Å². The van der Waals surface area contributed by atoms with Crippen molar-refractivity contribution >= 4 is 29.3 Å². The number of imidazole rings is 1. The lowest BCUT2D eigenvalue weighted by Gasteiger charge is -2.29. The van der Waals surface area contributed by atoms with Crippen LogP contribution in [0.1, 0.15) is 21.7 Å². The third-order valence-corrected chi connectivity index (χ3v) is 5.81. The fourth-order valence-corrected chi connectivity index (χ4v) is 4.03. The first kappa shape index (κ1) is 21.3. The SMILES string of the molecule is COc1ccc2c(c1)C(=O)N(C[C@@](N)(C(=O)NC=O)c1cc3ncc(-c4ncc[nH]4)cc3o1)C2. The Morgan fingerprint density at radius 1 is 1.35 bits per heavy atom. The molecule has 4 aromatic rings. The molecule has 0 saturated carbocycles. The van der Waals surface area contributed by atoms with Gasteiger partial charge in [0.05, 0.1) is 13.7 Å². The Morgan fingerprint density at radius 2 is 2.21 bits per heavy atom. The number of rotatable bonds is 7. The van der Waals surface area contributed by atoms with Crippen LogP contribution in [0.3, 0.4) is 0 Å². The zero-order chi connectivity index (χ0) is 23.9. The molecule has 5 rings (SSSR count). The smallest absolute Gasteiger partial charge is 0.256 e. The highest BCUT2D eigenvalue weighted by atomic mass is 16.5. The van der Waals surface area contributed by atoms with Gasteiger partial charge in [-0.25, -0.2) is 4.98 Å². The molecule has 172 valence electrons. The van der Waals surface area contributed by atoms with Crippen molar-refractivity contribution in [1.82, 2.24) is 25.2 Å². The van der Waals surface area contributed by atoms with E-state index >= 15 is 0 Å². The monoisotopic (exact) mass is 460 g/mol. The largest absolute Gasteiger partial charge is 0.497 e. The van der Waals surface area contributed by atoms with Gasteiger partial charge in [0.2, 0.25) is 6.41 Å². The molecular formula is C23H20N6O5. The predicted octanol–water partition coefficient (Wildman–Crippen LogP) is 1.31. The van der Waals surface area contributed by atoms with Crippen LogP contribution in [0.2, 0.25) is 0 Å². The number of methoxy groups -OCH3 is 1. The summed E-state index contributed by atoms with van der Waals surface area (Å²) in [7, 11) is 1.51. The van der Waals surface area contributed by atoms with Gasteiger partial charge in [0, 0.05) is 42.3 Å². The van der Waals surface area contributed by atoms with Crippen molar-refractivity contribution in [3.63, 3.8) is 0 Å². The molecule has 34 heavy (non-hydrogen) atoms. The Labute approximate surface area is 192 Å². The number of fused-ring (bicyclic) bond motifs is 2. The van der Waals surface area contributed by atoms with E-state index in [-0.39, 0.29) is 31.2 Å². The van der Waals surface area contributed by atoms with E-state index in [1.54, 1.807) is 42.9 Å². The maximum Gasteiger partial charge on any atom is 0.256 e. The van der Waals surface area contributed by atoms with Crippen LogP contribution >= 0.6 is 0 Å². The Morgan fingerprint density at radius 3 is 2.94 bits per heavy atom. The van der Waals surface area contributed by atoms with Crippen LogP contribution in [0.5, 0.6) is 5.75 Å². The first-order valence-electron chi connectivity index (χ1n) is 10.3. The third kappa shape index (κ3) is 3.48. The summed E-state index contributed by atoms with van der Waals surface area (Å²) in [6.07, 6.45) is 5.15. The molecule has 4 N–H and O–H groups in total. The van der Waals surface area contributed by atoms with Crippen LogP contribution in [0, 0.1) is 0 Å². The number of nitrogens with one attached hydrogen (secondary N) is 2. The Bertz CT molecular complexity index is 1410. The molecule has 1 aromatic carbocycles. The molecule has 0 bridgehead atoms. The Balaban J connectivity index is 1.51. The van der Waals surface area contributed by atoms with Gasteiger partial charge in [0.25, 0.3) is 11.8 Å². The van der Waals surface area contributed by atoms with Gasteiger partial charge >= 0.3 is 0 Å². The van der Waals surface area contributed by atoms with E-state index < -0.39 is 11.4 Å². The van der Waals surface area contributed by atoms with Crippen molar-refractivity contribution in [3.05, 3.63) is 65.8 Å². The van der Waals surface area contributed by atoms with Gasteiger partial charge in [-0.3, -0.25) is 24.7 Å². The minimum Gasteiger partial charge on any atom is -0.497 e. The van der Waals surface area contributed by atoms with E-state index in [2.05, 4.69) is 20.3 Å². The van der Waals surface area contributed by atoms with Gasteiger partial charge in [-0.15, -0.1) is 0 Å². The van der Waals surface area contributed by atoms with Gasteiger partial charge in [-0.05, 0) is 23.8 Å². The molecular weight excluding hydrogens is 440 g/mol. The minimum atomic E-state index is -1.85. The summed E-state index contributed by atoms with van der Waals surface area (Å²) >= 11 is 0. The number of aromatic nitrogens is 3. The number of furan rings is 1. The van der Waals surface area contributed by atoms with Crippen molar-refractivity contribution in [2.75, 3.05) is 13.7 Å². The van der Waals surface area contributed by atoms with Crippen LogP contribution in [-0.2, 0) is 21.7 Å². The average molecular weight is 460 g/mol. The summed E-state index contributed by atoms with van der Waals surface area (Å²) in [4.78, 5) is 50.0. The number of H-pyrrole nitrogens is 1. The van der Waals surface area contributed by atoms with Crippen molar-refractivity contribution < 1.29 is 23.5 Å². The second-order valence-electron chi connectivity index (χ2n) is 7.90. The number of hydrogen-bond acceptors (Lipinski definition) is 8. The molecule has 3 aromatic heterocycles. The molecule has 3 amide bonds. The lowest BCUT2D eigenvalue weighted by molar-refractivity contribution is -0.130. The summed E-state index contributed by atoms with van der Waals surface area (Å²) in [5.74, 6) is 0.0849. The van der Waals surface area contributed by atoms with E-state index in [9.17, 15) is 14.4 Å². The summed E-state index contributed by atoms with van der Waals surface area (Å²) < 4.78 is 11.1. The molecule has 1 atom stereocenters. The number of pyridine rings is 1. The van der Waals surface area contributed by atoms with Gasteiger partial charge in [-0.1, -0.05) is 6.07 Å². The van der Waals surface area contributed by atoms with Gasteiger partial charge < -0.3 is 24.8 Å². The maximum atomic E-state index is 13.1. The highest BCUT2D eigenvalue weighted by Gasteiger charge is 2.44. The van der Waals surface area contributed by atoms with Crippen LogP contribution in [0.15, 0.2) is 53.3 Å². The first-order chi connectivity index (χ1) is 16.4. The number of carbonyl (C=O) groups is 3. The molecule has 1 aliphatic heterocycles. The topological polar surface area (TPSA) is 156 Å². The number of amides is 3. The number of aromatic amines is 1. The van der Waals surface area contributed by atoms with Gasteiger partial charge in [0.1, 0.15) is 22.9 Å². The van der Waals surface area contributed by atoms with E-state index in [0.29, 0.717) is 33.8 Å². The second-order valence-corrected chi connectivity index (χ2v) is 7.90. The number of ether oxygens (including phenoxy) is 1. The van der Waals surface area contributed by atoms with Crippen LogP contribution < -0.4 is 15.8 Å². The van der Waals surface area contributed by atoms with E-state index in [1.807, 2.05) is 0 Å². The minimum absolute atomic E-state index is 0.0623. The third-order valence-electron chi connectivity index (χ3n) is 5.81. The number of carbonyl (C=O) groups excluding carboxylic acids is 3. The normalized spacial score (nSPS) is 14.6. The van der Waals surface area contributed by atoms with Gasteiger partial charge in [-0.2, -0.15) is 0 Å². The number of imide groups is 1. The summed E-state index contributed by atoms with van der Waals surface area (Å²) in [6.45, 7) is 0.0139. The molecule has 0 saturated heterocycles. The average Bonchev–Trinajstić information content (AvgIpc) is 3.58. The highest BCUT2D eigenvalue weighted by Crippen LogP contribution is 2.32. The molecule has 11 nitrogen and oxygen atoms in total. The van der Waals surface area contributed by atoms with E-state index in [4.69, 9.17) is 14.9 Å². The zero-order valence-electron chi connectivity index (χ0n) is 18.1. The molecule has 11 heteroatoms. The molecule has 0 spiro atoms. The Kier molecular flexibility index (Phi) is 5.10. The second kappa shape index (κ2) is 8.12. The predicted molar refractivity (Wildman–Crippen MR) is 119 cm³/mol. The fraction of sp³-hybridized carbons (Fsp3) is 0.174. The molecule has 0 unspecified atom stereocenters. The fourth-order valence-electron chi connectivity index (χ4n) is 4.03. The van der Waals surface area contributed by atoms with E-state index in [0.717, 1.165) is 5.56 Å². The first-order valence-corrected chi connectivity index (χ1v) is 10.3. The number of hydrogen-bond donors (Lipinski definition) is 3. The van der Waals surface area contributed by atoms with Crippen LogP contribution in [0.25, 0.3) is 22.5 Å². The molecule has 0 fully saturated rings. The van der Waals surface area contributed by atoms with Crippen LogP contribution in [-0.4, -0.2) is 51.7 Å². The summed E-state index contributed by atoms with van der Waals surface area (Å²) in [6, 6.07) is 8.43. The molecule has 1 aliphatic rings. The van der Waals surface area contributed by atoms with Crippen molar-refractivity contribution in [3.8, 4) is 17.1 Å². The van der Waals surface area contributed by atoms with Crippen LogP contribution in [0.4, 0.5) is 0 Å². The quantitative estimate of drug-likeness (QED) is 0.349. The Hall–Kier alpha value is -4.51. The maximum absolute atomic E-state index is 13.1. The zero-order valence-corrected chi connectivity index (χ0v) is 18.1. The number of nitrogens with zero attached hydrogens (tertiary/aromatic N) is 3. The highest BCUT2D eigenvalue weighted by molar-refractivity contribution is 6.00. The van der Waals surface area contributed by atoms with Crippen molar-refractivity contribution in [2.45, 2.75) is 12.1 Å². The summed E-state index contributed by atoms with van der Waals surface area (Å²) in [5, 5.41) is 2.09.